The summed E-state index contributed by atoms with van der Waals surface area (Å²) in [5.41, 5.74) is 2.59. The van der Waals surface area contributed by atoms with Crippen molar-refractivity contribution in [2.75, 3.05) is 44.4 Å². The van der Waals surface area contributed by atoms with Crippen molar-refractivity contribution in [2.24, 2.45) is 11.8 Å². The van der Waals surface area contributed by atoms with Crippen molar-refractivity contribution in [1.82, 2.24) is 14.9 Å². The molecule has 2 aliphatic rings. The summed E-state index contributed by atoms with van der Waals surface area (Å²) in [5.74, 6) is 2.20. The number of piperidine rings is 1. The van der Waals surface area contributed by atoms with Crippen LogP contribution in [0, 0.1) is 11.8 Å². The number of benzene rings is 2. The maximum absolute atomic E-state index is 12.8. The molecule has 0 spiro atoms. The van der Waals surface area contributed by atoms with E-state index >= 15 is 0 Å². The van der Waals surface area contributed by atoms with E-state index in [4.69, 9.17) is 37.7 Å². The molecule has 0 radical (unpaired) electrons. The summed E-state index contributed by atoms with van der Waals surface area (Å²) in [6.07, 6.45) is 2.57. The zero-order chi connectivity index (χ0) is 24.4. The van der Waals surface area contributed by atoms with E-state index in [-0.39, 0.29) is 11.8 Å². The van der Waals surface area contributed by atoms with Crippen LogP contribution in [0.2, 0.25) is 10.0 Å². The third-order valence-corrected chi connectivity index (χ3v) is 7.53. The fraction of sp³-hybridized carbons (Fsp3) is 0.462. The highest BCUT2D eigenvalue weighted by Gasteiger charge is 2.29. The summed E-state index contributed by atoms with van der Waals surface area (Å²) in [4.78, 5) is 19.9. The standard InChI is InChI=1S/C26H30Cl2N4O3/c1-2-35-20-5-3-4-19(12-20)32-24-14-22(28)21(27)13-23(24)30-26(32)31-9-6-18(7-10-31)25(33)29-15-17-8-11-34-16-17/h3-5,12-14,17-18H,2,6-11,15-16H2,1H3,(H,29,33). The van der Waals surface area contributed by atoms with E-state index in [9.17, 15) is 4.79 Å². The monoisotopic (exact) mass is 516 g/mol. The van der Waals surface area contributed by atoms with Gasteiger partial charge in [-0.1, -0.05) is 29.3 Å². The van der Waals surface area contributed by atoms with E-state index in [1.807, 2.05) is 37.3 Å². The quantitative estimate of drug-likeness (QED) is 0.473. The number of halogens is 2. The van der Waals surface area contributed by atoms with Crippen molar-refractivity contribution >= 4 is 46.1 Å². The Bertz CT molecular complexity index is 1200. The number of hydrogen-bond acceptors (Lipinski definition) is 5. The smallest absolute Gasteiger partial charge is 0.223 e. The zero-order valence-corrected chi connectivity index (χ0v) is 21.3. The molecule has 9 heteroatoms. The Morgan fingerprint density at radius 2 is 1.97 bits per heavy atom. The van der Waals surface area contributed by atoms with Crippen LogP contribution in [0.1, 0.15) is 26.2 Å². The minimum atomic E-state index is 0.0107. The number of amides is 1. The number of ether oxygens (including phenoxy) is 2. The normalized spacial score (nSPS) is 18.8. The molecule has 0 bridgehead atoms. The maximum Gasteiger partial charge on any atom is 0.223 e. The van der Waals surface area contributed by atoms with Crippen LogP contribution in [-0.2, 0) is 9.53 Å². The molecule has 0 aliphatic carbocycles. The first-order chi connectivity index (χ1) is 17.0. The number of carbonyl (C=O) groups is 1. The van der Waals surface area contributed by atoms with Gasteiger partial charge in [0.05, 0.1) is 40.0 Å². The predicted molar refractivity (Wildman–Crippen MR) is 139 cm³/mol. The summed E-state index contributed by atoms with van der Waals surface area (Å²) < 4.78 is 13.3. The summed E-state index contributed by atoms with van der Waals surface area (Å²) >= 11 is 12.7. The van der Waals surface area contributed by atoms with Gasteiger partial charge in [-0.3, -0.25) is 9.36 Å². The highest BCUT2D eigenvalue weighted by molar-refractivity contribution is 6.42. The van der Waals surface area contributed by atoms with Crippen LogP contribution in [0.4, 0.5) is 5.95 Å². The molecule has 1 unspecified atom stereocenters. The second-order valence-electron chi connectivity index (χ2n) is 9.17. The molecule has 1 amide bonds. The second kappa shape index (κ2) is 10.6. The van der Waals surface area contributed by atoms with Gasteiger partial charge in [0, 0.05) is 44.1 Å². The number of nitrogens with one attached hydrogen (secondary N) is 1. The van der Waals surface area contributed by atoms with Crippen LogP contribution in [0.15, 0.2) is 36.4 Å². The lowest BCUT2D eigenvalue weighted by Gasteiger charge is -2.32. The zero-order valence-electron chi connectivity index (χ0n) is 19.8. The van der Waals surface area contributed by atoms with E-state index in [1.165, 1.54) is 0 Å². The van der Waals surface area contributed by atoms with Crippen LogP contribution in [0.3, 0.4) is 0 Å². The van der Waals surface area contributed by atoms with Gasteiger partial charge in [-0.05, 0) is 50.5 Å². The Kier molecular flexibility index (Phi) is 7.37. The lowest BCUT2D eigenvalue weighted by atomic mass is 9.96. The summed E-state index contributed by atoms with van der Waals surface area (Å²) in [6, 6.07) is 11.6. The first-order valence-electron chi connectivity index (χ1n) is 12.2. The maximum atomic E-state index is 12.8. The fourth-order valence-corrected chi connectivity index (χ4v) is 5.20. The summed E-state index contributed by atoms with van der Waals surface area (Å²) in [7, 11) is 0. The molecule has 186 valence electrons. The van der Waals surface area contributed by atoms with Gasteiger partial charge in [-0.15, -0.1) is 0 Å². The third kappa shape index (κ3) is 5.22. The Morgan fingerprint density at radius 1 is 1.17 bits per heavy atom. The fourth-order valence-electron chi connectivity index (χ4n) is 4.88. The number of carbonyl (C=O) groups excluding carboxylic acids is 1. The summed E-state index contributed by atoms with van der Waals surface area (Å²) in [6.45, 7) is 6.27. The van der Waals surface area contributed by atoms with Crippen molar-refractivity contribution in [2.45, 2.75) is 26.2 Å². The van der Waals surface area contributed by atoms with Gasteiger partial charge in [0.25, 0.3) is 0 Å². The van der Waals surface area contributed by atoms with E-state index in [1.54, 1.807) is 6.07 Å². The SMILES string of the molecule is CCOc1cccc(-n2c(N3CCC(C(=O)NCC4CCOC4)CC3)nc3cc(Cl)c(Cl)cc32)c1. The molecule has 7 nitrogen and oxygen atoms in total. The molecule has 1 atom stereocenters. The minimum Gasteiger partial charge on any atom is -0.494 e. The van der Waals surface area contributed by atoms with Crippen LogP contribution < -0.4 is 15.0 Å². The lowest BCUT2D eigenvalue weighted by molar-refractivity contribution is -0.125. The van der Waals surface area contributed by atoms with Crippen molar-refractivity contribution in [3.63, 3.8) is 0 Å². The molecule has 3 aromatic rings. The van der Waals surface area contributed by atoms with Gasteiger partial charge in [-0.2, -0.15) is 0 Å². The average molecular weight is 517 g/mol. The molecule has 0 saturated carbocycles. The number of aromatic nitrogens is 2. The topological polar surface area (TPSA) is 68.6 Å². The molecule has 5 rings (SSSR count). The largest absolute Gasteiger partial charge is 0.494 e. The first-order valence-corrected chi connectivity index (χ1v) is 13.0. The number of fused-ring (bicyclic) bond motifs is 1. The van der Waals surface area contributed by atoms with Gasteiger partial charge in [0.1, 0.15) is 5.75 Å². The summed E-state index contributed by atoms with van der Waals surface area (Å²) in [5, 5.41) is 4.09. The van der Waals surface area contributed by atoms with E-state index in [0.29, 0.717) is 29.1 Å². The van der Waals surface area contributed by atoms with Gasteiger partial charge in [0.15, 0.2) is 0 Å². The molecule has 2 saturated heterocycles. The van der Waals surface area contributed by atoms with Crippen LogP contribution >= 0.6 is 23.2 Å². The minimum absolute atomic E-state index is 0.0107. The Hall–Kier alpha value is -2.48. The molecule has 1 aromatic heterocycles. The van der Waals surface area contributed by atoms with E-state index in [0.717, 1.165) is 74.0 Å². The van der Waals surface area contributed by atoms with Crippen molar-refractivity contribution in [1.29, 1.82) is 0 Å². The molecule has 2 fully saturated rings. The molecule has 2 aliphatic heterocycles. The second-order valence-corrected chi connectivity index (χ2v) is 9.98. The average Bonchev–Trinajstić information content (AvgIpc) is 3.51. The van der Waals surface area contributed by atoms with Gasteiger partial charge in [0.2, 0.25) is 11.9 Å². The van der Waals surface area contributed by atoms with E-state index < -0.39 is 0 Å². The van der Waals surface area contributed by atoms with Gasteiger partial charge >= 0.3 is 0 Å². The van der Waals surface area contributed by atoms with Gasteiger partial charge in [-0.25, -0.2) is 4.98 Å². The van der Waals surface area contributed by atoms with Crippen LogP contribution in [0.25, 0.3) is 16.7 Å². The molecule has 3 heterocycles. The highest BCUT2D eigenvalue weighted by Crippen LogP contribution is 2.35. The van der Waals surface area contributed by atoms with Crippen LogP contribution in [0.5, 0.6) is 5.75 Å². The molecule has 35 heavy (non-hydrogen) atoms. The van der Waals surface area contributed by atoms with Crippen molar-refractivity contribution in [3.8, 4) is 11.4 Å². The third-order valence-electron chi connectivity index (χ3n) is 6.80. The Morgan fingerprint density at radius 3 is 2.71 bits per heavy atom. The molecule has 2 aromatic carbocycles. The first kappa shape index (κ1) is 24.2. The molecular formula is C26H30Cl2N4O3. The highest BCUT2D eigenvalue weighted by atomic mass is 35.5. The predicted octanol–water partition coefficient (Wildman–Crippen LogP) is 5.10. The molecule has 1 N–H and O–H groups in total. The van der Waals surface area contributed by atoms with Gasteiger partial charge < -0.3 is 19.7 Å². The van der Waals surface area contributed by atoms with Crippen molar-refractivity contribution < 1.29 is 14.3 Å². The van der Waals surface area contributed by atoms with Crippen LogP contribution in [-0.4, -0.2) is 54.9 Å². The van der Waals surface area contributed by atoms with Crippen molar-refractivity contribution in [3.05, 3.63) is 46.4 Å². The number of hydrogen-bond donors (Lipinski definition) is 1. The number of anilines is 1. The lowest BCUT2D eigenvalue weighted by Crippen LogP contribution is -2.42. The number of imidazole rings is 1. The Labute approximate surface area is 215 Å². The van der Waals surface area contributed by atoms with E-state index in [2.05, 4.69) is 14.8 Å². The Balaban J connectivity index is 1.39. The number of rotatable bonds is 7. The molecular weight excluding hydrogens is 487 g/mol. The number of nitrogens with zero attached hydrogens (tertiary/aromatic N) is 3.